The summed E-state index contributed by atoms with van der Waals surface area (Å²) in [6, 6.07) is 4.59. The average molecular weight is 390 g/mol. The van der Waals surface area contributed by atoms with E-state index in [4.69, 9.17) is 11.6 Å². The molecule has 1 amide bonds. The summed E-state index contributed by atoms with van der Waals surface area (Å²) in [7, 11) is 1.78. The molecule has 0 unspecified atom stereocenters. The van der Waals surface area contributed by atoms with E-state index in [9.17, 15) is 19.1 Å². The lowest BCUT2D eigenvalue weighted by atomic mass is 9.97. The van der Waals surface area contributed by atoms with Gasteiger partial charge < -0.3 is 19.6 Å². The molecule has 0 atom stereocenters. The highest BCUT2D eigenvalue weighted by atomic mass is 35.5. The van der Waals surface area contributed by atoms with E-state index in [1.807, 2.05) is 0 Å². The number of carbonyl (C=O) groups excluding carboxylic acids is 1. The number of aliphatic hydroxyl groups excluding tert-OH is 1. The Labute approximate surface area is 158 Å². The van der Waals surface area contributed by atoms with Gasteiger partial charge in [0.25, 0.3) is 0 Å². The molecule has 1 aromatic carbocycles. The van der Waals surface area contributed by atoms with Crippen LogP contribution in [-0.2, 0) is 24.8 Å². The Bertz CT molecular complexity index is 1120. The van der Waals surface area contributed by atoms with E-state index in [2.05, 4.69) is 4.98 Å². The second kappa shape index (κ2) is 6.51. The lowest BCUT2D eigenvalue weighted by Gasteiger charge is -2.27. The predicted molar refractivity (Wildman–Crippen MR) is 100 cm³/mol. The number of aliphatic hydroxyl groups is 1. The van der Waals surface area contributed by atoms with E-state index < -0.39 is 12.4 Å². The molecule has 0 saturated carbocycles. The van der Waals surface area contributed by atoms with Crippen LogP contribution in [0.4, 0.5) is 4.39 Å². The van der Waals surface area contributed by atoms with Crippen LogP contribution in [0.25, 0.3) is 22.0 Å². The van der Waals surface area contributed by atoms with Gasteiger partial charge in [0.05, 0.1) is 10.5 Å². The molecule has 2 N–H and O–H groups in total. The van der Waals surface area contributed by atoms with Gasteiger partial charge in [0.1, 0.15) is 6.61 Å². The third-order valence-corrected chi connectivity index (χ3v) is 5.41. The fourth-order valence-electron chi connectivity index (χ4n) is 3.83. The summed E-state index contributed by atoms with van der Waals surface area (Å²) in [5, 5.41) is 9.84. The van der Waals surface area contributed by atoms with Crippen molar-refractivity contribution in [1.82, 2.24) is 14.5 Å². The maximum Gasteiger partial charge on any atom is 0.248 e. The molecular weight excluding hydrogens is 373 g/mol. The number of nitrogens with one attached hydrogen (secondary N) is 1. The van der Waals surface area contributed by atoms with Crippen molar-refractivity contribution in [3.63, 3.8) is 0 Å². The van der Waals surface area contributed by atoms with Crippen molar-refractivity contribution in [1.29, 1.82) is 0 Å². The Morgan fingerprint density at radius 1 is 1.41 bits per heavy atom. The van der Waals surface area contributed by atoms with E-state index in [0.717, 1.165) is 11.3 Å². The Kier molecular flexibility index (Phi) is 4.28. The number of carbonyl (C=O) groups is 1. The van der Waals surface area contributed by atoms with Crippen LogP contribution in [0.2, 0.25) is 5.02 Å². The van der Waals surface area contributed by atoms with Crippen LogP contribution in [0.1, 0.15) is 11.3 Å². The molecule has 0 radical (unpaired) electrons. The quantitative estimate of drug-likeness (QED) is 0.705. The number of fused-ring (bicyclic) bond motifs is 3. The highest BCUT2D eigenvalue weighted by Crippen LogP contribution is 2.40. The number of halogens is 2. The molecule has 140 valence electrons. The normalized spacial score (nSPS) is 13.9. The van der Waals surface area contributed by atoms with Crippen LogP contribution in [0.3, 0.4) is 0 Å². The number of aromatic amines is 1. The van der Waals surface area contributed by atoms with Crippen LogP contribution in [0.15, 0.2) is 29.2 Å². The maximum atomic E-state index is 14.9. The molecule has 0 spiro atoms. The first-order valence-corrected chi connectivity index (χ1v) is 8.86. The van der Waals surface area contributed by atoms with E-state index in [1.165, 1.54) is 6.07 Å². The number of aryl methyl sites for hydroxylation is 1. The van der Waals surface area contributed by atoms with E-state index >= 15 is 0 Å². The molecule has 1 aliphatic rings. The van der Waals surface area contributed by atoms with Crippen molar-refractivity contribution in [2.45, 2.75) is 13.0 Å². The summed E-state index contributed by atoms with van der Waals surface area (Å²) in [5.41, 5.74) is 3.27. The van der Waals surface area contributed by atoms with Crippen LogP contribution < -0.4 is 5.56 Å². The van der Waals surface area contributed by atoms with Gasteiger partial charge in [-0.05, 0) is 23.3 Å². The Hall–Kier alpha value is -2.64. The van der Waals surface area contributed by atoms with Crippen LogP contribution in [0, 0.1) is 5.82 Å². The van der Waals surface area contributed by atoms with Crippen molar-refractivity contribution >= 4 is 28.4 Å². The Morgan fingerprint density at radius 2 is 2.19 bits per heavy atom. The van der Waals surface area contributed by atoms with Gasteiger partial charge in [0.15, 0.2) is 5.82 Å². The minimum atomic E-state index is -0.562. The summed E-state index contributed by atoms with van der Waals surface area (Å²) >= 11 is 6.15. The molecule has 0 saturated heterocycles. The van der Waals surface area contributed by atoms with Gasteiger partial charge in [0, 0.05) is 55.5 Å². The topological polar surface area (TPSA) is 78.3 Å². The first-order chi connectivity index (χ1) is 12.9. The first-order valence-electron chi connectivity index (χ1n) is 8.48. The molecule has 0 bridgehead atoms. The zero-order chi connectivity index (χ0) is 19.3. The number of benzene rings is 1. The van der Waals surface area contributed by atoms with Gasteiger partial charge in [-0.3, -0.25) is 9.59 Å². The molecule has 3 aromatic rings. The molecule has 2 aromatic heterocycles. The molecule has 4 rings (SSSR count). The Balaban J connectivity index is 2.02. The van der Waals surface area contributed by atoms with Crippen LogP contribution in [-0.4, -0.2) is 38.6 Å². The minimum Gasteiger partial charge on any atom is -0.387 e. The molecule has 8 heteroatoms. The standard InChI is InChI=1S/C19H17ClFN3O3/c1-23-14-4-5-24(16(27)9-25)8-12(14)17-11(6-13(20)18(21)19(17)23)10-2-3-15(26)22-7-10/h2-3,6-7,25H,4-5,8-9H2,1H3,(H,22,26). The predicted octanol–water partition coefficient (Wildman–Crippen LogP) is 2.20. The number of hydrogen-bond donors (Lipinski definition) is 2. The minimum absolute atomic E-state index is 0.00932. The van der Waals surface area contributed by atoms with Gasteiger partial charge in [-0.15, -0.1) is 0 Å². The summed E-state index contributed by atoms with van der Waals surface area (Å²) in [4.78, 5) is 27.6. The fourth-order valence-corrected chi connectivity index (χ4v) is 4.03. The van der Waals surface area contributed by atoms with Crippen LogP contribution in [0.5, 0.6) is 0 Å². The number of nitrogens with zero attached hydrogens (tertiary/aromatic N) is 2. The number of pyridine rings is 1. The molecular formula is C19H17ClFN3O3. The maximum absolute atomic E-state index is 14.9. The Morgan fingerprint density at radius 3 is 2.85 bits per heavy atom. The third kappa shape index (κ3) is 2.74. The second-order valence-corrected chi connectivity index (χ2v) is 7.00. The van der Waals surface area contributed by atoms with E-state index in [-0.39, 0.29) is 23.0 Å². The van der Waals surface area contributed by atoms with E-state index in [1.54, 1.807) is 34.8 Å². The van der Waals surface area contributed by atoms with Gasteiger partial charge in [0.2, 0.25) is 11.5 Å². The summed E-state index contributed by atoms with van der Waals surface area (Å²) in [5.74, 6) is -0.880. The number of hydrogen-bond acceptors (Lipinski definition) is 3. The summed E-state index contributed by atoms with van der Waals surface area (Å²) in [6.07, 6.45) is 2.11. The summed E-state index contributed by atoms with van der Waals surface area (Å²) in [6.45, 7) is 0.177. The highest BCUT2D eigenvalue weighted by molar-refractivity contribution is 6.32. The molecule has 1 aliphatic heterocycles. The van der Waals surface area contributed by atoms with Crippen molar-refractivity contribution in [2.24, 2.45) is 7.05 Å². The van der Waals surface area contributed by atoms with Gasteiger partial charge in [-0.2, -0.15) is 0 Å². The molecule has 0 aliphatic carbocycles. The highest BCUT2D eigenvalue weighted by Gasteiger charge is 2.29. The van der Waals surface area contributed by atoms with Crippen molar-refractivity contribution in [3.05, 3.63) is 56.8 Å². The SMILES string of the molecule is Cn1c2c(c3c(-c4ccc(=O)[nH]c4)cc(Cl)c(F)c31)CN(C(=O)CO)CC2. The number of aromatic nitrogens is 2. The van der Waals surface area contributed by atoms with Gasteiger partial charge in [-0.1, -0.05) is 11.6 Å². The number of amides is 1. The third-order valence-electron chi connectivity index (χ3n) is 5.14. The number of H-pyrrole nitrogens is 1. The summed E-state index contributed by atoms with van der Waals surface area (Å²) < 4.78 is 16.7. The largest absolute Gasteiger partial charge is 0.387 e. The van der Waals surface area contributed by atoms with Crippen molar-refractivity contribution in [2.75, 3.05) is 13.2 Å². The monoisotopic (exact) mass is 389 g/mol. The van der Waals surface area contributed by atoms with Crippen molar-refractivity contribution < 1.29 is 14.3 Å². The van der Waals surface area contributed by atoms with Crippen molar-refractivity contribution in [3.8, 4) is 11.1 Å². The van der Waals surface area contributed by atoms with Gasteiger partial charge in [-0.25, -0.2) is 4.39 Å². The van der Waals surface area contributed by atoms with Gasteiger partial charge >= 0.3 is 0 Å². The zero-order valence-corrected chi connectivity index (χ0v) is 15.3. The smallest absolute Gasteiger partial charge is 0.248 e. The van der Waals surface area contributed by atoms with E-state index in [0.29, 0.717) is 35.0 Å². The average Bonchev–Trinajstić information content (AvgIpc) is 2.97. The number of rotatable bonds is 2. The lowest BCUT2D eigenvalue weighted by molar-refractivity contribution is -0.135. The van der Waals surface area contributed by atoms with Crippen LogP contribution >= 0.6 is 11.6 Å². The molecule has 0 fully saturated rings. The molecule has 27 heavy (non-hydrogen) atoms. The fraction of sp³-hybridized carbons (Fsp3) is 0.263. The lowest BCUT2D eigenvalue weighted by Crippen LogP contribution is -2.37. The second-order valence-electron chi connectivity index (χ2n) is 6.59. The zero-order valence-electron chi connectivity index (χ0n) is 14.6. The first kappa shape index (κ1) is 17.8. The molecule has 6 nitrogen and oxygen atoms in total. The molecule has 3 heterocycles.